The highest BCUT2D eigenvalue weighted by molar-refractivity contribution is 6.30. The Morgan fingerprint density at radius 3 is 2.74 bits per heavy atom. The summed E-state index contributed by atoms with van der Waals surface area (Å²) in [6, 6.07) is 13.1. The SMILES string of the molecule is COc1ccccc1-c1cnc(C(O)c2ccc(Cl)cc2C)[nH]1. The van der Waals surface area contributed by atoms with Crippen molar-refractivity contribution in [3.8, 4) is 17.0 Å². The third-order valence-electron chi connectivity index (χ3n) is 3.78. The van der Waals surface area contributed by atoms with Gasteiger partial charge in [0.15, 0.2) is 0 Å². The van der Waals surface area contributed by atoms with Crippen LogP contribution in [0.2, 0.25) is 5.02 Å². The third-order valence-corrected chi connectivity index (χ3v) is 4.01. The Hall–Kier alpha value is -2.30. The number of hydrogen-bond acceptors (Lipinski definition) is 3. The standard InChI is InChI=1S/C18H17ClN2O2/c1-11-9-12(19)7-8-13(11)17(22)18-20-10-15(21-18)14-5-3-4-6-16(14)23-2/h3-10,17,22H,1-2H3,(H,20,21). The minimum atomic E-state index is -0.837. The fourth-order valence-electron chi connectivity index (χ4n) is 2.57. The van der Waals surface area contributed by atoms with Crippen molar-refractivity contribution >= 4 is 11.6 Å². The van der Waals surface area contributed by atoms with E-state index in [1.165, 1.54) is 0 Å². The number of H-pyrrole nitrogens is 1. The summed E-state index contributed by atoms with van der Waals surface area (Å²) in [5.74, 6) is 1.23. The van der Waals surface area contributed by atoms with E-state index in [4.69, 9.17) is 16.3 Å². The van der Waals surface area contributed by atoms with Gasteiger partial charge >= 0.3 is 0 Å². The molecule has 4 nitrogen and oxygen atoms in total. The number of nitrogens with one attached hydrogen (secondary N) is 1. The molecule has 1 atom stereocenters. The van der Waals surface area contributed by atoms with Gasteiger partial charge in [0.2, 0.25) is 0 Å². The van der Waals surface area contributed by atoms with E-state index in [0.29, 0.717) is 10.8 Å². The lowest BCUT2D eigenvalue weighted by molar-refractivity contribution is 0.210. The molecule has 3 rings (SSSR count). The molecule has 0 radical (unpaired) electrons. The number of aryl methyl sites for hydroxylation is 1. The van der Waals surface area contributed by atoms with Gasteiger partial charge in [-0.15, -0.1) is 0 Å². The molecule has 0 amide bonds. The average Bonchev–Trinajstić information content (AvgIpc) is 3.04. The summed E-state index contributed by atoms with van der Waals surface area (Å²) in [6.07, 6.45) is 0.859. The molecule has 1 heterocycles. The summed E-state index contributed by atoms with van der Waals surface area (Å²) < 4.78 is 5.36. The second-order valence-corrected chi connectivity index (χ2v) is 5.72. The lowest BCUT2D eigenvalue weighted by atomic mass is 10.0. The molecule has 0 aliphatic carbocycles. The van der Waals surface area contributed by atoms with E-state index in [0.717, 1.165) is 28.1 Å². The topological polar surface area (TPSA) is 58.1 Å². The number of aliphatic hydroxyl groups is 1. The summed E-state index contributed by atoms with van der Waals surface area (Å²) in [5, 5.41) is 11.2. The van der Waals surface area contributed by atoms with Crippen molar-refractivity contribution in [1.29, 1.82) is 0 Å². The molecule has 118 valence electrons. The van der Waals surface area contributed by atoms with E-state index in [9.17, 15) is 5.11 Å². The largest absolute Gasteiger partial charge is 0.496 e. The molecule has 23 heavy (non-hydrogen) atoms. The van der Waals surface area contributed by atoms with Crippen LogP contribution in [0, 0.1) is 6.92 Å². The molecule has 0 aliphatic heterocycles. The van der Waals surface area contributed by atoms with Gasteiger partial charge in [-0.2, -0.15) is 0 Å². The highest BCUT2D eigenvalue weighted by Gasteiger charge is 2.17. The molecule has 2 aromatic carbocycles. The second-order valence-electron chi connectivity index (χ2n) is 5.29. The smallest absolute Gasteiger partial charge is 0.140 e. The Kier molecular flexibility index (Phi) is 4.37. The van der Waals surface area contributed by atoms with Crippen molar-refractivity contribution in [3.63, 3.8) is 0 Å². The molecule has 2 N–H and O–H groups in total. The maximum absolute atomic E-state index is 10.6. The number of aliphatic hydroxyl groups excluding tert-OH is 1. The molecule has 0 saturated heterocycles. The van der Waals surface area contributed by atoms with Gasteiger partial charge in [-0.1, -0.05) is 29.8 Å². The number of halogens is 1. The molecule has 1 aromatic heterocycles. The molecule has 3 aromatic rings. The maximum Gasteiger partial charge on any atom is 0.140 e. The Balaban J connectivity index is 1.95. The zero-order valence-corrected chi connectivity index (χ0v) is 13.6. The quantitative estimate of drug-likeness (QED) is 0.757. The van der Waals surface area contributed by atoms with Crippen molar-refractivity contribution in [2.24, 2.45) is 0 Å². The number of methoxy groups -OCH3 is 1. The molecular weight excluding hydrogens is 312 g/mol. The summed E-state index contributed by atoms with van der Waals surface area (Å²) in [7, 11) is 1.63. The molecule has 0 aliphatic rings. The minimum Gasteiger partial charge on any atom is -0.496 e. The zero-order chi connectivity index (χ0) is 16.4. The number of para-hydroxylation sites is 1. The monoisotopic (exact) mass is 328 g/mol. The number of rotatable bonds is 4. The van der Waals surface area contributed by atoms with Crippen LogP contribution in [0.15, 0.2) is 48.7 Å². The lowest BCUT2D eigenvalue weighted by Crippen LogP contribution is -2.04. The van der Waals surface area contributed by atoms with Crippen molar-refractivity contribution < 1.29 is 9.84 Å². The molecule has 0 spiro atoms. The third kappa shape index (κ3) is 3.09. The summed E-state index contributed by atoms with van der Waals surface area (Å²) >= 11 is 5.97. The van der Waals surface area contributed by atoms with Crippen LogP contribution in [0.1, 0.15) is 23.1 Å². The van der Waals surface area contributed by atoms with E-state index >= 15 is 0 Å². The van der Waals surface area contributed by atoms with E-state index in [1.807, 2.05) is 43.3 Å². The van der Waals surface area contributed by atoms with Gasteiger partial charge in [-0.3, -0.25) is 0 Å². The van der Waals surface area contributed by atoms with Gasteiger partial charge < -0.3 is 14.8 Å². The molecule has 5 heteroatoms. The van der Waals surface area contributed by atoms with Crippen LogP contribution in [0.25, 0.3) is 11.3 Å². The summed E-state index contributed by atoms with van der Waals surface area (Å²) in [4.78, 5) is 7.48. The van der Waals surface area contributed by atoms with E-state index in [1.54, 1.807) is 19.4 Å². The Labute approximate surface area is 139 Å². The highest BCUT2D eigenvalue weighted by atomic mass is 35.5. The summed E-state index contributed by atoms with van der Waals surface area (Å²) in [5.41, 5.74) is 3.38. The normalized spacial score (nSPS) is 12.2. The van der Waals surface area contributed by atoms with E-state index in [-0.39, 0.29) is 0 Å². The zero-order valence-electron chi connectivity index (χ0n) is 12.9. The van der Waals surface area contributed by atoms with Crippen LogP contribution in [0.5, 0.6) is 5.75 Å². The van der Waals surface area contributed by atoms with Gasteiger partial charge in [0.05, 0.1) is 19.0 Å². The predicted octanol–water partition coefficient (Wildman–Crippen LogP) is 4.13. The average molecular weight is 329 g/mol. The van der Waals surface area contributed by atoms with Gasteiger partial charge in [0, 0.05) is 10.6 Å². The van der Waals surface area contributed by atoms with Crippen LogP contribution in [-0.4, -0.2) is 22.2 Å². The lowest BCUT2D eigenvalue weighted by Gasteiger charge is -2.12. The first kappa shape index (κ1) is 15.6. The van der Waals surface area contributed by atoms with Crippen LogP contribution in [0.3, 0.4) is 0 Å². The first-order valence-electron chi connectivity index (χ1n) is 7.22. The molecule has 0 fully saturated rings. The Morgan fingerprint density at radius 2 is 2.00 bits per heavy atom. The van der Waals surface area contributed by atoms with Crippen molar-refractivity contribution in [2.75, 3.05) is 7.11 Å². The van der Waals surface area contributed by atoms with Crippen molar-refractivity contribution in [3.05, 3.63) is 70.6 Å². The van der Waals surface area contributed by atoms with Gasteiger partial charge in [0.25, 0.3) is 0 Å². The number of aromatic amines is 1. The number of aromatic nitrogens is 2. The van der Waals surface area contributed by atoms with Gasteiger partial charge in [-0.05, 0) is 42.3 Å². The number of ether oxygens (including phenoxy) is 1. The Morgan fingerprint density at radius 1 is 1.22 bits per heavy atom. The van der Waals surface area contributed by atoms with Crippen LogP contribution >= 0.6 is 11.6 Å². The number of benzene rings is 2. The molecular formula is C18H17ClN2O2. The number of imidazole rings is 1. The predicted molar refractivity (Wildman–Crippen MR) is 90.8 cm³/mol. The fourth-order valence-corrected chi connectivity index (χ4v) is 2.80. The van der Waals surface area contributed by atoms with Crippen LogP contribution in [-0.2, 0) is 0 Å². The fraction of sp³-hybridized carbons (Fsp3) is 0.167. The summed E-state index contributed by atoms with van der Waals surface area (Å²) in [6.45, 7) is 1.91. The van der Waals surface area contributed by atoms with Crippen LogP contribution < -0.4 is 4.74 Å². The highest BCUT2D eigenvalue weighted by Crippen LogP contribution is 2.30. The maximum atomic E-state index is 10.6. The Bertz CT molecular complexity index is 829. The van der Waals surface area contributed by atoms with Crippen LogP contribution in [0.4, 0.5) is 0 Å². The molecule has 1 unspecified atom stereocenters. The minimum absolute atomic E-state index is 0.483. The molecule has 0 bridgehead atoms. The van der Waals surface area contributed by atoms with Gasteiger partial charge in [-0.25, -0.2) is 4.98 Å². The van der Waals surface area contributed by atoms with E-state index in [2.05, 4.69) is 9.97 Å². The van der Waals surface area contributed by atoms with Crippen molar-refractivity contribution in [2.45, 2.75) is 13.0 Å². The van der Waals surface area contributed by atoms with Crippen molar-refractivity contribution in [1.82, 2.24) is 9.97 Å². The van der Waals surface area contributed by atoms with E-state index < -0.39 is 6.10 Å². The second kappa shape index (κ2) is 6.44. The first-order chi connectivity index (χ1) is 11.1. The van der Waals surface area contributed by atoms with Gasteiger partial charge in [0.1, 0.15) is 17.7 Å². The number of nitrogens with zero attached hydrogens (tertiary/aromatic N) is 1. The number of hydrogen-bond donors (Lipinski definition) is 2. The molecule has 0 saturated carbocycles. The first-order valence-corrected chi connectivity index (χ1v) is 7.60.